The van der Waals surface area contributed by atoms with Crippen LogP contribution in [0.2, 0.25) is 0 Å². The summed E-state index contributed by atoms with van der Waals surface area (Å²) in [6.07, 6.45) is 0. The highest BCUT2D eigenvalue weighted by molar-refractivity contribution is 5.60. The highest BCUT2D eigenvalue weighted by Crippen LogP contribution is 2.56. The van der Waals surface area contributed by atoms with E-state index in [0.717, 1.165) is 41.8 Å². The lowest BCUT2D eigenvalue weighted by atomic mass is 9.58. The zero-order valence-electron chi connectivity index (χ0n) is 14.8. The zero-order chi connectivity index (χ0) is 17.7. The molecule has 0 radical (unpaired) electrons. The third-order valence-electron chi connectivity index (χ3n) is 5.76. The lowest BCUT2D eigenvalue weighted by Gasteiger charge is -2.46. The van der Waals surface area contributed by atoms with Crippen molar-refractivity contribution >= 4 is 0 Å². The van der Waals surface area contributed by atoms with E-state index in [1.165, 1.54) is 11.1 Å². The Labute approximate surface area is 152 Å². The molecular formula is C20H21NO5. The Balaban J connectivity index is 1.43. The summed E-state index contributed by atoms with van der Waals surface area (Å²) in [5.41, 5.74) is 2.57. The van der Waals surface area contributed by atoms with Gasteiger partial charge in [0, 0.05) is 25.1 Å². The van der Waals surface area contributed by atoms with Crippen LogP contribution in [0.3, 0.4) is 0 Å². The minimum Gasteiger partial charge on any atom is -0.493 e. The molecule has 1 aliphatic carbocycles. The van der Waals surface area contributed by atoms with Gasteiger partial charge < -0.3 is 29.0 Å². The van der Waals surface area contributed by atoms with Gasteiger partial charge in [-0.25, -0.2) is 0 Å². The van der Waals surface area contributed by atoms with Gasteiger partial charge in [-0.05, 0) is 35.4 Å². The minimum atomic E-state index is -0.0365. The van der Waals surface area contributed by atoms with Crippen LogP contribution in [-0.4, -0.2) is 40.7 Å². The van der Waals surface area contributed by atoms with Crippen molar-refractivity contribution in [3.05, 3.63) is 41.5 Å². The average Bonchev–Trinajstić information content (AvgIpc) is 3.28. The summed E-state index contributed by atoms with van der Waals surface area (Å²) in [5.74, 6) is 4.26. The molecule has 2 atom stereocenters. The molecule has 1 N–H and O–H groups in total. The molecule has 2 heterocycles. The fourth-order valence-corrected chi connectivity index (χ4v) is 4.39. The van der Waals surface area contributed by atoms with Gasteiger partial charge in [-0.3, -0.25) is 0 Å². The number of hydrogen-bond acceptors (Lipinski definition) is 6. The summed E-state index contributed by atoms with van der Waals surface area (Å²) in [6, 6.07) is 9.91. The van der Waals surface area contributed by atoms with Crippen LogP contribution in [0.1, 0.15) is 17.0 Å². The molecule has 136 valence electrons. The average molecular weight is 355 g/mol. The second-order valence-corrected chi connectivity index (χ2v) is 6.94. The second-order valence-electron chi connectivity index (χ2n) is 6.94. The van der Waals surface area contributed by atoms with E-state index in [1.807, 2.05) is 18.2 Å². The molecule has 0 unspecified atom stereocenters. The monoisotopic (exact) mass is 355 g/mol. The molecule has 0 bridgehead atoms. The van der Waals surface area contributed by atoms with Crippen molar-refractivity contribution in [2.24, 2.45) is 0 Å². The Kier molecular flexibility index (Phi) is 3.43. The Morgan fingerprint density at radius 2 is 1.88 bits per heavy atom. The normalized spacial score (nSPS) is 24.5. The van der Waals surface area contributed by atoms with Gasteiger partial charge in [-0.1, -0.05) is 0 Å². The highest BCUT2D eigenvalue weighted by Gasteiger charge is 2.55. The van der Waals surface area contributed by atoms with Crippen molar-refractivity contribution < 1.29 is 23.7 Å². The molecule has 0 saturated carbocycles. The lowest BCUT2D eigenvalue weighted by molar-refractivity contribution is 0.173. The molecule has 6 heteroatoms. The van der Waals surface area contributed by atoms with E-state index in [1.54, 1.807) is 14.2 Å². The number of nitrogens with one attached hydrogen (secondary N) is 1. The summed E-state index contributed by atoms with van der Waals surface area (Å²) in [4.78, 5) is 0. The third-order valence-corrected chi connectivity index (χ3v) is 5.76. The number of ether oxygens (including phenoxy) is 5. The van der Waals surface area contributed by atoms with E-state index in [0.29, 0.717) is 12.5 Å². The molecule has 3 aliphatic rings. The van der Waals surface area contributed by atoms with Gasteiger partial charge in [0.25, 0.3) is 0 Å². The molecule has 1 saturated heterocycles. The van der Waals surface area contributed by atoms with Crippen molar-refractivity contribution in [3.63, 3.8) is 0 Å². The summed E-state index contributed by atoms with van der Waals surface area (Å²) in [6.45, 7) is 2.72. The number of fused-ring (bicyclic) bond motifs is 5. The first-order valence-corrected chi connectivity index (χ1v) is 8.75. The van der Waals surface area contributed by atoms with Crippen molar-refractivity contribution in [3.8, 4) is 28.7 Å². The van der Waals surface area contributed by atoms with Gasteiger partial charge >= 0.3 is 0 Å². The van der Waals surface area contributed by atoms with Crippen molar-refractivity contribution in [1.29, 1.82) is 0 Å². The van der Waals surface area contributed by atoms with Gasteiger partial charge in [0.2, 0.25) is 6.79 Å². The van der Waals surface area contributed by atoms with E-state index < -0.39 is 0 Å². The predicted octanol–water partition coefficient (Wildman–Crippen LogP) is 2.45. The molecule has 26 heavy (non-hydrogen) atoms. The Bertz CT molecular complexity index is 868. The van der Waals surface area contributed by atoms with Crippen molar-refractivity contribution in [1.82, 2.24) is 5.32 Å². The van der Waals surface area contributed by atoms with Gasteiger partial charge in [0.15, 0.2) is 23.0 Å². The van der Waals surface area contributed by atoms with Crippen molar-refractivity contribution in [2.75, 3.05) is 40.7 Å². The fourth-order valence-electron chi connectivity index (χ4n) is 4.39. The first-order valence-electron chi connectivity index (χ1n) is 8.75. The Hall–Kier alpha value is -2.60. The highest BCUT2D eigenvalue weighted by atomic mass is 16.7. The number of methoxy groups -OCH3 is 2. The number of rotatable bonds is 5. The topological polar surface area (TPSA) is 58.2 Å². The molecule has 6 nitrogen and oxygen atoms in total. The SMILES string of the molecule is COc1cc2c(cc1OC)[C@]1(COc3ccc4c(c3)OCO4)CNC[C@H]21. The second kappa shape index (κ2) is 5.71. The lowest BCUT2D eigenvalue weighted by Crippen LogP contribution is -2.48. The first kappa shape index (κ1) is 15.6. The van der Waals surface area contributed by atoms with Crippen LogP contribution in [0, 0.1) is 0 Å². The summed E-state index contributed by atoms with van der Waals surface area (Å²) >= 11 is 0. The smallest absolute Gasteiger partial charge is 0.231 e. The van der Waals surface area contributed by atoms with Crippen LogP contribution < -0.4 is 29.0 Å². The standard InChI is InChI=1S/C20H21NO5/c1-22-17-6-13-14(7-18(17)23-2)20(9-21-8-15(13)20)10-24-12-3-4-16-19(5-12)26-11-25-16/h3-7,15,21H,8-11H2,1-2H3/t15-,20-/m1/s1. The number of hydrogen-bond donors (Lipinski definition) is 1. The quantitative estimate of drug-likeness (QED) is 0.889. The summed E-state index contributed by atoms with van der Waals surface area (Å²) < 4.78 is 27.9. The van der Waals surface area contributed by atoms with Crippen molar-refractivity contribution in [2.45, 2.75) is 11.3 Å². The molecule has 2 aromatic carbocycles. The largest absolute Gasteiger partial charge is 0.493 e. The Morgan fingerprint density at radius 1 is 1.08 bits per heavy atom. The van der Waals surface area contributed by atoms with E-state index in [2.05, 4.69) is 17.4 Å². The first-order chi connectivity index (χ1) is 12.7. The molecule has 2 aliphatic heterocycles. The molecule has 2 aromatic rings. The molecule has 0 spiro atoms. The van der Waals surface area contributed by atoms with Crippen LogP contribution >= 0.6 is 0 Å². The maximum absolute atomic E-state index is 6.18. The van der Waals surface area contributed by atoms with Gasteiger partial charge in [-0.15, -0.1) is 0 Å². The Morgan fingerprint density at radius 3 is 2.73 bits per heavy atom. The third kappa shape index (κ3) is 2.08. The molecular weight excluding hydrogens is 334 g/mol. The summed E-state index contributed by atoms with van der Waals surface area (Å²) in [7, 11) is 3.34. The maximum Gasteiger partial charge on any atom is 0.231 e. The van der Waals surface area contributed by atoms with E-state index in [9.17, 15) is 0 Å². The fraction of sp³-hybridized carbons (Fsp3) is 0.400. The minimum absolute atomic E-state index is 0.0365. The van der Waals surface area contributed by atoms with Gasteiger partial charge in [-0.2, -0.15) is 0 Å². The van der Waals surface area contributed by atoms with Crippen LogP contribution in [0.15, 0.2) is 30.3 Å². The van der Waals surface area contributed by atoms with Gasteiger partial charge in [0.05, 0.1) is 26.2 Å². The summed E-state index contributed by atoms with van der Waals surface area (Å²) in [5, 5.41) is 3.52. The van der Waals surface area contributed by atoms with Gasteiger partial charge in [0.1, 0.15) is 5.75 Å². The van der Waals surface area contributed by atoms with Crippen LogP contribution in [0.4, 0.5) is 0 Å². The molecule has 0 aromatic heterocycles. The number of benzene rings is 2. The molecule has 1 fully saturated rings. The zero-order valence-corrected chi connectivity index (χ0v) is 14.8. The van der Waals surface area contributed by atoms with Crippen LogP contribution in [0.5, 0.6) is 28.7 Å². The van der Waals surface area contributed by atoms with Crippen LogP contribution in [0.25, 0.3) is 0 Å². The van der Waals surface area contributed by atoms with E-state index >= 15 is 0 Å². The molecule has 0 amide bonds. The van der Waals surface area contributed by atoms with E-state index in [-0.39, 0.29) is 12.2 Å². The maximum atomic E-state index is 6.18. The van der Waals surface area contributed by atoms with E-state index in [4.69, 9.17) is 23.7 Å². The predicted molar refractivity (Wildman–Crippen MR) is 94.9 cm³/mol. The molecule has 5 rings (SSSR count). The van der Waals surface area contributed by atoms with Crippen LogP contribution in [-0.2, 0) is 5.41 Å².